The van der Waals surface area contributed by atoms with E-state index < -0.39 is 0 Å². The van der Waals surface area contributed by atoms with Crippen LogP contribution < -0.4 is 10.2 Å². The number of hydrogen-bond donors (Lipinski definition) is 1. The van der Waals surface area contributed by atoms with Gasteiger partial charge in [0.1, 0.15) is 0 Å². The summed E-state index contributed by atoms with van der Waals surface area (Å²) < 4.78 is 0. The van der Waals surface area contributed by atoms with Crippen molar-refractivity contribution in [3.63, 3.8) is 0 Å². The van der Waals surface area contributed by atoms with Crippen LogP contribution in [0.25, 0.3) is 0 Å². The summed E-state index contributed by atoms with van der Waals surface area (Å²) in [6.07, 6.45) is 1.01. The molecule has 1 N–H and O–H groups in total. The number of hydrogen-bond acceptors (Lipinski definition) is 5. The summed E-state index contributed by atoms with van der Waals surface area (Å²) in [7, 11) is 1.76. The highest BCUT2D eigenvalue weighted by Crippen LogP contribution is 2.22. The van der Waals surface area contributed by atoms with Gasteiger partial charge in [0, 0.05) is 19.3 Å². The summed E-state index contributed by atoms with van der Waals surface area (Å²) in [6.45, 7) is 4.88. The second-order valence-corrected chi connectivity index (χ2v) is 5.47. The third kappa shape index (κ3) is 3.14. The SMILES string of the molecule is CCCNc1nnc(C(=O)N(C)c2ccccc2C)s1. The van der Waals surface area contributed by atoms with Crippen molar-refractivity contribution in [3.8, 4) is 0 Å². The highest BCUT2D eigenvalue weighted by molar-refractivity contribution is 7.17. The van der Waals surface area contributed by atoms with Crippen LogP contribution in [0.2, 0.25) is 0 Å². The quantitative estimate of drug-likeness (QED) is 0.920. The van der Waals surface area contributed by atoms with Crippen LogP contribution in [0.15, 0.2) is 24.3 Å². The number of carbonyl (C=O) groups excluding carboxylic acids is 1. The smallest absolute Gasteiger partial charge is 0.289 e. The minimum Gasteiger partial charge on any atom is -0.360 e. The summed E-state index contributed by atoms with van der Waals surface area (Å²) >= 11 is 1.29. The molecule has 0 fully saturated rings. The Bertz CT molecular complexity index is 596. The lowest BCUT2D eigenvalue weighted by Crippen LogP contribution is -2.26. The fraction of sp³-hybridized carbons (Fsp3) is 0.357. The molecule has 0 spiro atoms. The van der Waals surface area contributed by atoms with Crippen LogP contribution in [-0.4, -0.2) is 29.7 Å². The zero-order chi connectivity index (χ0) is 14.5. The second-order valence-electron chi connectivity index (χ2n) is 4.49. The molecule has 0 aliphatic carbocycles. The molecule has 1 amide bonds. The molecular formula is C14H18N4OS. The van der Waals surface area contributed by atoms with Gasteiger partial charge in [-0.05, 0) is 25.0 Å². The first kappa shape index (κ1) is 14.5. The zero-order valence-electron chi connectivity index (χ0n) is 11.9. The monoisotopic (exact) mass is 290 g/mol. The van der Waals surface area contributed by atoms with E-state index in [1.54, 1.807) is 11.9 Å². The van der Waals surface area contributed by atoms with Gasteiger partial charge in [0.2, 0.25) is 10.1 Å². The van der Waals surface area contributed by atoms with Crippen LogP contribution in [0.3, 0.4) is 0 Å². The molecule has 0 bridgehead atoms. The molecule has 0 unspecified atom stereocenters. The molecule has 20 heavy (non-hydrogen) atoms. The largest absolute Gasteiger partial charge is 0.360 e. The Kier molecular flexibility index (Phi) is 4.68. The van der Waals surface area contributed by atoms with E-state index >= 15 is 0 Å². The lowest BCUT2D eigenvalue weighted by molar-refractivity contribution is 0.0992. The van der Waals surface area contributed by atoms with Crippen molar-refractivity contribution in [1.29, 1.82) is 0 Å². The highest BCUT2D eigenvalue weighted by Gasteiger charge is 2.19. The predicted octanol–water partition coefficient (Wildman–Crippen LogP) is 2.95. The molecule has 0 radical (unpaired) electrons. The Morgan fingerprint density at radius 2 is 2.10 bits per heavy atom. The summed E-state index contributed by atoms with van der Waals surface area (Å²) in [5.74, 6) is -0.138. The third-order valence-electron chi connectivity index (χ3n) is 2.92. The van der Waals surface area contributed by atoms with E-state index in [2.05, 4.69) is 22.4 Å². The van der Waals surface area contributed by atoms with Crippen molar-refractivity contribution < 1.29 is 4.79 Å². The third-order valence-corrected chi connectivity index (χ3v) is 3.78. The summed E-state index contributed by atoms with van der Waals surface area (Å²) in [5, 5.41) is 12.2. The number of carbonyl (C=O) groups is 1. The topological polar surface area (TPSA) is 58.1 Å². The van der Waals surface area contributed by atoms with E-state index in [9.17, 15) is 4.79 Å². The fourth-order valence-electron chi connectivity index (χ4n) is 1.81. The molecule has 1 aromatic carbocycles. The van der Waals surface area contributed by atoms with E-state index in [1.165, 1.54) is 11.3 Å². The Morgan fingerprint density at radius 3 is 2.80 bits per heavy atom. The summed E-state index contributed by atoms with van der Waals surface area (Å²) in [6, 6.07) is 7.77. The van der Waals surface area contributed by atoms with Gasteiger partial charge < -0.3 is 10.2 Å². The van der Waals surface area contributed by atoms with Crippen LogP contribution in [0, 0.1) is 6.92 Å². The fourth-order valence-corrected chi connectivity index (χ4v) is 2.55. The van der Waals surface area contributed by atoms with Crippen molar-refractivity contribution in [1.82, 2.24) is 10.2 Å². The number of benzene rings is 1. The Labute approximate surface area is 122 Å². The first-order valence-corrected chi connectivity index (χ1v) is 7.36. The maximum absolute atomic E-state index is 12.4. The maximum Gasteiger partial charge on any atom is 0.289 e. The molecule has 5 nitrogen and oxygen atoms in total. The average molecular weight is 290 g/mol. The molecule has 1 aromatic heterocycles. The van der Waals surface area contributed by atoms with E-state index in [-0.39, 0.29) is 5.91 Å². The molecule has 2 rings (SSSR count). The van der Waals surface area contributed by atoms with Crippen LogP contribution in [0.5, 0.6) is 0 Å². The van der Waals surface area contributed by atoms with Crippen LogP contribution in [0.4, 0.5) is 10.8 Å². The first-order valence-electron chi connectivity index (χ1n) is 6.54. The Hall–Kier alpha value is -1.95. The van der Waals surface area contributed by atoms with Gasteiger partial charge in [-0.15, -0.1) is 10.2 Å². The minimum absolute atomic E-state index is 0.138. The van der Waals surface area contributed by atoms with Crippen molar-refractivity contribution in [3.05, 3.63) is 34.8 Å². The van der Waals surface area contributed by atoms with Gasteiger partial charge in [-0.25, -0.2) is 0 Å². The van der Waals surface area contributed by atoms with Crippen LogP contribution in [0.1, 0.15) is 28.7 Å². The number of anilines is 2. The summed E-state index contributed by atoms with van der Waals surface area (Å²) in [4.78, 5) is 14.0. The van der Waals surface area contributed by atoms with E-state index in [0.717, 1.165) is 24.2 Å². The normalized spacial score (nSPS) is 10.3. The molecule has 0 aliphatic rings. The van der Waals surface area contributed by atoms with E-state index in [0.29, 0.717) is 10.1 Å². The number of rotatable bonds is 5. The molecular weight excluding hydrogens is 272 g/mol. The van der Waals surface area contributed by atoms with Gasteiger partial charge in [0.25, 0.3) is 5.91 Å². The molecule has 106 valence electrons. The summed E-state index contributed by atoms with van der Waals surface area (Å²) in [5.41, 5.74) is 1.94. The van der Waals surface area contributed by atoms with Gasteiger partial charge in [-0.3, -0.25) is 4.79 Å². The Balaban J connectivity index is 2.14. The van der Waals surface area contributed by atoms with Crippen molar-refractivity contribution in [2.75, 3.05) is 23.8 Å². The van der Waals surface area contributed by atoms with Crippen molar-refractivity contribution in [2.24, 2.45) is 0 Å². The average Bonchev–Trinajstić information content (AvgIpc) is 2.93. The molecule has 1 heterocycles. The number of nitrogens with zero attached hydrogens (tertiary/aromatic N) is 3. The predicted molar refractivity (Wildman–Crippen MR) is 82.6 cm³/mol. The van der Waals surface area contributed by atoms with Crippen LogP contribution >= 0.6 is 11.3 Å². The molecule has 2 aromatic rings. The van der Waals surface area contributed by atoms with E-state index in [1.807, 2.05) is 31.2 Å². The van der Waals surface area contributed by atoms with E-state index in [4.69, 9.17) is 0 Å². The standard InChI is InChI=1S/C14H18N4OS/c1-4-9-15-14-17-16-12(20-14)13(19)18(3)11-8-6-5-7-10(11)2/h5-8H,4,9H2,1-3H3,(H,15,17). The lowest BCUT2D eigenvalue weighted by Gasteiger charge is -2.17. The number of nitrogens with one attached hydrogen (secondary N) is 1. The molecule has 0 saturated heterocycles. The number of amides is 1. The number of aryl methyl sites for hydroxylation is 1. The number of aromatic nitrogens is 2. The van der Waals surface area contributed by atoms with Gasteiger partial charge in [0.15, 0.2) is 0 Å². The van der Waals surface area contributed by atoms with Crippen molar-refractivity contribution in [2.45, 2.75) is 20.3 Å². The molecule has 0 atom stereocenters. The second kappa shape index (κ2) is 6.47. The van der Waals surface area contributed by atoms with Gasteiger partial charge >= 0.3 is 0 Å². The zero-order valence-corrected chi connectivity index (χ0v) is 12.7. The molecule has 0 saturated carbocycles. The Morgan fingerprint density at radius 1 is 1.35 bits per heavy atom. The molecule has 6 heteroatoms. The van der Waals surface area contributed by atoms with Gasteiger partial charge in [-0.1, -0.05) is 36.5 Å². The molecule has 0 aliphatic heterocycles. The first-order chi connectivity index (χ1) is 9.63. The van der Waals surface area contributed by atoms with Gasteiger partial charge in [0.05, 0.1) is 0 Å². The minimum atomic E-state index is -0.138. The van der Waals surface area contributed by atoms with Crippen LogP contribution in [-0.2, 0) is 0 Å². The van der Waals surface area contributed by atoms with Gasteiger partial charge in [-0.2, -0.15) is 0 Å². The maximum atomic E-state index is 12.4. The highest BCUT2D eigenvalue weighted by atomic mass is 32.1. The number of para-hydroxylation sites is 1. The van der Waals surface area contributed by atoms with Crippen molar-refractivity contribution >= 4 is 28.1 Å². The lowest BCUT2D eigenvalue weighted by atomic mass is 10.2.